The normalized spacial score (nSPS) is 13.2. The van der Waals surface area contributed by atoms with E-state index in [1.165, 1.54) is 24.3 Å². The number of hydrogen-bond acceptors (Lipinski definition) is 4. The van der Waals surface area contributed by atoms with Crippen molar-refractivity contribution in [2.45, 2.75) is 17.4 Å². The first-order chi connectivity index (χ1) is 9.33. The fraction of sp³-hybridized carbons (Fsp3) is 0.364. The highest BCUT2D eigenvalue weighted by Crippen LogP contribution is 2.06. The van der Waals surface area contributed by atoms with Crippen molar-refractivity contribution in [3.05, 3.63) is 30.3 Å². The predicted octanol–water partition coefficient (Wildman–Crippen LogP) is -0.293. The number of aliphatic hydroxyl groups excluding tert-OH is 1. The molecule has 6 nitrogen and oxygen atoms in total. The molecule has 0 aliphatic heterocycles. The summed E-state index contributed by atoms with van der Waals surface area (Å²) in [5.41, 5.74) is 0. The minimum Gasteiger partial charge on any atom is -0.385 e. The predicted molar refractivity (Wildman–Crippen MR) is 66.7 cm³/mol. The van der Waals surface area contributed by atoms with Crippen LogP contribution in [0.2, 0.25) is 0 Å². The second-order valence-corrected chi connectivity index (χ2v) is 5.61. The maximum absolute atomic E-state index is 12.0. The lowest BCUT2D eigenvalue weighted by Gasteiger charge is -2.11. The van der Waals surface area contributed by atoms with Crippen molar-refractivity contribution in [3.8, 4) is 0 Å². The van der Waals surface area contributed by atoms with E-state index in [1.807, 2.05) is 10.0 Å². The van der Waals surface area contributed by atoms with Gasteiger partial charge in [0.25, 0.3) is 6.43 Å². The molecule has 1 rings (SSSR count). The van der Waals surface area contributed by atoms with Gasteiger partial charge in [0.15, 0.2) is 0 Å². The highest BCUT2D eigenvalue weighted by molar-refractivity contribution is 7.89. The molecule has 0 bridgehead atoms. The number of sulfonamides is 1. The van der Waals surface area contributed by atoms with Crippen LogP contribution in [-0.4, -0.2) is 45.1 Å². The molecule has 1 unspecified atom stereocenters. The Balaban J connectivity index is 2.45. The van der Waals surface area contributed by atoms with Crippen LogP contribution in [0.3, 0.4) is 0 Å². The minimum atomic E-state index is -3.83. The van der Waals surface area contributed by atoms with Gasteiger partial charge in [0, 0.05) is 6.54 Å². The van der Waals surface area contributed by atoms with E-state index in [4.69, 9.17) is 5.11 Å². The second kappa shape index (κ2) is 7.27. The van der Waals surface area contributed by atoms with Crippen LogP contribution in [0.5, 0.6) is 0 Å². The fourth-order valence-corrected chi connectivity index (χ4v) is 2.22. The van der Waals surface area contributed by atoms with E-state index < -0.39 is 41.5 Å². The highest BCUT2D eigenvalue weighted by atomic mass is 32.2. The average Bonchev–Trinajstić information content (AvgIpc) is 2.43. The van der Waals surface area contributed by atoms with Gasteiger partial charge in [-0.2, -0.15) is 0 Å². The van der Waals surface area contributed by atoms with Gasteiger partial charge in [-0.05, 0) is 12.1 Å². The number of halogens is 2. The maximum atomic E-state index is 12.0. The molecule has 0 aliphatic rings. The van der Waals surface area contributed by atoms with Gasteiger partial charge in [-0.3, -0.25) is 4.79 Å². The largest absolute Gasteiger partial charge is 0.385 e. The van der Waals surface area contributed by atoms with Crippen LogP contribution in [0.15, 0.2) is 35.2 Å². The van der Waals surface area contributed by atoms with Gasteiger partial charge in [0.05, 0.1) is 11.4 Å². The van der Waals surface area contributed by atoms with E-state index in [0.717, 1.165) is 0 Å². The number of nitrogens with one attached hydrogen (secondary N) is 2. The Morgan fingerprint density at radius 1 is 1.25 bits per heavy atom. The molecular weight excluding hydrogens is 294 g/mol. The Bertz CT molecular complexity index is 537. The Labute approximate surface area is 114 Å². The van der Waals surface area contributed by atoms with Crippen LogP contribution in [0, 0.1) is 0 Å². The fourth-order valence-electron chi connectivity index (χ4n) is 1.21. The number of rotatable bonds is 7. The summed E-state index contributed by atoms with van der Waals surface area (Å²) >= 11 is 0. The lowest BCUT2D eigenvalue weighted by atomic mass is 10.3. The van der Waals surface area contributed by atoms with Crippen molar-refractivity contribution in [1.82, 2.24) is 10.0 Å². The summed E-state index contributed by atoms with van der Waals surface area (Å²) in [7, 11) is -3.83. The zero-order valence-electron chi connectivity index (χ0n) is 10.3. The van der Waals surface area contributed by atoms with Crippen LogP contribution in [-0.2, 0) is 14.8 Å². The quantitative estimate of drug-likeness (QED) is 0.645. The molecule has 1 atom stereocenters. The second-order valence-electron chi connectivity index (χ2n) is 3.84. The molecule has 9 heteroatoms. The lowest BCUT2D eigenvalue weighted by Crippen LogP contribution is -2.41. The van der Waals surface area contributed by atoms with Crippen LogP contribution < -0.4 is 10.0 Å². The first kappa shape index (κ1) is 16.5. The van der Waals surface area contributed by atoms with E-state index >= 15 is 0 Å². The Kier molecular flexibility index (Phi) is 5.99. The van der Waals surface area contributed by atoms with Crippen molar-refractivity contribution < 1.29 is 27.1 Å². The Morgan fingerprint density at radius 2 is 1.85 bits per heavy atom. The van der Waals surface area contributed by atoms with Gasteiger partial charge >= 0.3 is 0 Å². The number of carbonyl (C=O) groups excluding carboxylic acids is 1. The summed E-state index contributed by atoms with van der Waals surface area (Å²) in [5.74, 6) is -0.816. The topological polar surface area (TPSA) is 95.5 Å². The third-order valence-corrected chi connectivity index (χ3v) is 3.69. The van der Waals surface area contributed by atoms with Gasteiger partial charge in [-0.25, -0.2) is 21.9 Å². The molecule has 3 N–H and O–H groups in total. The number of alkyl halides is 2. The van der Waals surface area contributed by atoms with E-state index in [0.29, 0.717) is 0 Å². The number of benzene rings is 1. The monoisotopic (exact) mass is 308 g/mol. The van der Waals surface area contributed by atoms with Gasteiger partial charge in [-0.15, -0.1) is 0 Å². The molecule has 0 spiro atoms. The van der Waals surface area contributed by atoms with E-state index in [2.05, 4.69) is 0 Å². The third kappa shape index (κ3) is 5.19. The van der Waals surface area contributed by atoms with Crippen molar-refractivity contribution in [1.29, 1.82) is 0 Å². The third-order valence-electron chi connectivity index (χ3n) is 2.28. The van der Waals surface area contributed by atoms with E-state index in [1.54, 1.807) is 6.07 Å². The standard InChI is InChI=1S/C11H14F2N2O4S/c12-11(13)9(16)6-14-10(17)7-15-20(18,19)8-4-2-1-3-5-8/h1-5,9,11,15-16H,6-7H2,(H,14,17). The number of amides is 1. The molecular formula is C11H14F2N2O4S. The van der Waals surface area contributed by atoms with Crippen molar-refractivity contribution >= 4 is 15.9 Å². The first-order valence-corrected chi connectivity index (χ1v) is 7.09. The van der Waals surface area contributed by atoms with Gasteiger partial charge in [0.2, 0.25) is 15.9 Å². The zero-order valence-corrected chi connectivity index (χ0v) is 11.1. The molecule has 1 aromatic carbocycles. The number of hydrogen-bond donors (Lipinski definition) is 3. The Hall–Kier alpha value is -1.58. The molecule has 0 saturated heterocycles. The molecule has 0 saturated carbocycles. The molecule has 0 aromatic heterocycles. The van der Waals surface area contributed by atoms with Crippen LogP contribution in [0.4, 0.5) is 8.78 Å². The molecule has 0 radical (unpaired) electrons. The van der Waals surface area contributed by atoms with Crippen molar-refractivity contribution in [2.24, 2.45) is 0 Å². The summed E-state index contributed by atoms with van der Waals surface area (Å²) in [6.45, 7) is -1.25. The maximum Gasteiger partial charge on any atom is 0.265 e. The van der Waals surface area contributed by atoms with Gasteiger partial charge in [-0.1, -0.05) is 18.2 Å². The molecule has 1 aromatic rings. The molecule has 0 fully saturated rings. The molecule has 112 valence electrons. The van der Waals surface area contributed by atoms with Crippen LogP contribution in [0.1, 0.15) is 0 Å². The van der Waals surface area contributed by atoms with Crippen molar-refractivity contribution in [3.63, 3.8) is 0 Å². The molecule has 0 aliphatic carbocycles. The zero-order chi connectivity index (χ0) is 15.2. The van der Waals surface area contributed by atoms with Crippen molar-refractivity contribution in [2.75, 3.05) is 13.1 Å². The molecule has 0 heterocycles. The Morgan fingerprint density at radius 3 is 2.40 bits per heavy atom. The summed E-state index contributed by atoms with van der Waals surface area (Å²) < 4.78 is 49.4. The number of carbonyl (C=O) groups is 1. The lowest BCUT2D eigenvalue weighted by molar-refractivity contribution is -0.121. The SMILES string of the molecule is O=C(CNS(=O)(=O)c1ccccc1)NCC(O)C(F)F. The summed E-state index contributed by atoms with van der Waals surface area (Å²) in [4.78, 5) is 11.2. The van der Waals surface area contributed by atoms with Gasteiger partial charge in [0.1, 0.15) is 6.10 Å². The van der Waals surface area contributed by atoms with Crippen LogP contribution >= 0.6 is 0 Å². The smallest absolute Gasteiger partial charge is 0.265 e. The van der Waals surface area contributed by atoms with E-state index in [9.17, 15) is 22.0 Å². The van der Waals surface area contributed by atoms with E-state index in [-0.39, 0.29) is 4.90 Å². The summed E-state index contributed by atoms with van der Waals surface area (Å²) in [5, 5.41) is 10.8. The van der Waals surface area contributed by atoms with Gasteiger partial charge < -0.3 is 10.4 Å². The summed E-state index contributed by atoms with van der Waals surface area (Å²) in [6.07, 6.45) is -4.96. The molecule has 1 amide bonds. The minimum absolute atomic E-state index is 0.0135. The average molecular weight is 308 g/mol. The van der Waals surface area contributed by atoms with Crippen LogP contribution in [0.25, 0.3) is 0 Å². The number of aliphatic hydroxyl groups is 1. The highest BCUT2D eigenvalue weighted by Gasteiger charge is 2.18. The first-order valence-electron chi connectivity index (χ1n) is 5.60. The molecule has 20 heavy (non-hydrogen) atoms. The summed E-state index contributed by atoms with van der Waals surface area (Å²) in [6, 6.07) is 7.38.